The molecular weight excluding hydrogens is 380 g/mol. The molecule has 5 rings (SSSR count). The summed E-state index contributed by atoms with van der Waals surface area (Å²) in [5.74, 6) is 0. The molecule has 0 bridgehead atoms. The second-order valence-corrected chi connectivity index (χ2v) is 9.09. The van der Waals surface area contributed by atoms with Gasteiger partial charge in [-0.05, 0) is 23.6 Å². The number of aromatic nitrogens is 3. The van der Waals surface area contributed by atoms with Crippen LogP contribution in [0.25, 0.3) is 0 Å². The van der Waals surface area contributed by atoms with Crippen molar-refractivity contribution in [1.82, 2.24) is 20.3 Å². The average Bonchev–Trinajstić information content (AvgIpc) is 3.28. The molecule has 7 heteroatoms. The molecule has 1 N–H and O–H groups in total. The molecule has 0 radical (unpaired) electrons. The quantitative estimate of drug-likeness (QED) is 0.701. The fraction of sp³-hybridized carbons (Fsp3) is 0.400. The zero-order valence-corrected chi connectivity index (χ0v) is 16.6. The van der Waals surface area contributed by atoms with Crippen molar-refractivity contribution < 1.29 is 4.74 Å². The fourth-order valence-corrected chi connectivity index (χ4v) is 5.87. The summed E-state index contributed by atoms with van der Waals surface area (Å²) >= 11 is 8.05. The van der Waals surface area contributed by atoms with Gasteiger partial charge in [-0.2, -0.15) is 0 Å². The van der Waals surface area contributed by atoms with E-state index in [4.69, 9.17) is 16.3 Å². The van der Waals surface area contributed by atoms with Crippen LogP contribution in [0.5, 0.6) is 0 Å². The molecule has 2 aromatic heterocycles. The summed E-state index contributed by atoms with van der Waals surface area (Å²) in [6, 6.07) is 12.9. The highest BCUT2D eigenvalue weighted by Gasteiger charge is 2.47. The number of hydrogen-bond acceptors (Lipinski definition) is 5. The summed E-state index contributed by atoms with van der Waals surface area (Å²) in [6.07, 6.45) is 4.64. The third-order valence-electron chi connectivity index (χ3n) is 5.59. The zero-order chi connectivity index (χ0) is 18.4. The van der Waals surface area contributed by atoms with Crippen molar-refractivity contribution in [1.29, 1.82) is 0 Å². The maximum absolute atomic E-state index is 6.51. The topological polar surface area (TPSA) is 52.0 Å². The normalized spacial score (nSPS) is 27.6. The number of thiophene rings is 1. The van der Waals surface area contributed by atoms with Gasteiger partial charge in [0.05, 0.1) is 22.7 Å². The number of hydrogen-bond donors (Lipinski definition) is 1. The number of aryl methyl sites for hydroxylation is 1. The minimum atomic E-state index is -0.334. The summed E-state index contributed by atoms with van der Waals surface area (Å²) in [5.41, 5.74) is 3.22. The van der Waals surface area contributed by atoms with E-state index in [1.165, 1.54) is 16.0 Å². The molecule has 0 aliphatic carbocycles. The number of fused-ring (bicyclic) bond motifs is 2. The van der Waals surface area contributed by atoms with Crippen LogP contribution in [0.3, 0.4) is 0 Å². The molecule has 27 heavy (non-hydrogen) atoms. The van der Waals surface area contributed by atoms with Gasteiger partial charge in [-0.25, -0.2) is 0 Å². The van der Waals surface area contributed by atoms with Crippen molar-refractivity contribution in [2.24, 2.45) is 7.05 Å². The monoisotopic (exact) mass is 400 g/mol. The number of rotatable bonds is 2. The van der Waals surface area contributed by atoms with E-state index in [0.717, 1.165) is 35.9 Å². The van der Waals surface area contributed by atoms with Gasteiger partial charge in [0.2, 0.25) is 0 Å². The first-order chi connectivity index (χ1) is 13.1. The fourth-order valence-electron chi connectivity index (χ4n) is 4.41. The molecule has 3 aromatic rings. The predicted molar refractivity (Wildman–Crippen MR) is 106 cm³/mol. The number of halogens is 1. The maximum atomic E-state index is 6.51. The van der Waals surface area contributed by atoms with Gasteiger partial charge < -0.3 is 10.1 Å². The molecule has 3 atom stereocenters. The van der Waals surface area contributed by atoms with E-state index in [2.05, 4.69) is 52.0 Å². The third-order valence-corrected chi connectivity index (χ3v) is 7.08. The Labute approximate surface area is 167 Å². The molecule has 4 heterocycles. The van der Waals surface area contributed by atoms with Gasteiger partial charge in [-0.3, -0.25) is 4.68 Å². The van der Waals surface area contributed by atoms with Crippen LogP contribution >= 0.6 is 22.9 Å². The Morgan fingerprint density at radius 3 is 2.85 bits per heavy atom. The Kier molecular flexibility index (Phi) is 4.31. The average molecular weight is 401 g/mol. The van der Waals surface area contributed by atoms with E-state index in [-0.39, 0.29) is 17.7 Å². The van der Waals surface area contributed by atoms with Crippen LogP contribution in [0.4, 0.5) is 0 Å². The van der Waals surface area contributed by atoms with Crippen LogP contribution in [0.2, 0.25) is 4.34 Å². The number of piperidine rings is 1. The minimum Gasteiger partial charge on any atom is -0.369 e. The summed E-state index contributed by atoms with van der Waals surface area (Å²) in [4.78, 5) is 1.29. The SMILES string of the molecule is Cn1cc(C2CC3(CC(c4ccccc4)N2)OCCc2cc(Cl)sc23)nn1. The highest BCUT2D eigenvalue weighted by molar-refractivity contribution is 7.16. The van der Waals surface area contributed by atoms with E-state index >= 15 is 0 Å². The molecule has 3 unspecified atom stereocenters. The summed E-state index contributed by atoms with van der Waals surface area (Å²) < 4.78 is 9.11. The van der Waals surface area contributed by atoms with Gasteiger partial charge in [0, 0.05) is 37.0 Å². The molecule has 0 amide bonds. The van der Waals surface area contributed by atoms with Crippen LogP contribution in [-0.4, -0.2) is 21.6 Å². The van der Waals surface area contributed by atoms with Crippen molar-refractivity contribution in [2.75, 3.05) is 6.61 Å². The van der Waals surface area contributed by atoms with Crippen LogP contribution in [0, 0.1) is 0 Å². The van der Waals surface area contributed by atoms with Crippen LogP contribution in [0.1, 0.15) is 46.6 Å². The van der Waals surface area contributed by atoms with E-state index in [9.17, 15) is 0 Å². The lowest BCUT2D eigenvalue weighted by Crippen LogP contribution is -2.47. The molecular formula is C20H21ClN4OS. The van der Waals surface area contributed by atoms with Crippen LogP contribution < -0.4 is 5.32 Å². The number of ether oxygens (including phenoxy) is 1. The summed E-state index contributed by atoms with van der Waals surface area (Å²) in [7, 11) is 1.90. The Morgan fingerprint density at radius 1 is 1.26 bits per heavy atom. The van der Waals surface area contributed by atoms with E-state index in [1.807, 2.05) is 13.2 Å². The summed E-state index contributed by atoms with van der Waals surface area (Å²) in [6.45, 7) is 0.731. The molecule has 0 saturated carbocycles. The van der Waals surface area contributed by atoms with Crippen molar-refractivity contribution in [2.45, 2.75) is 36.9 Å². The van der Waals surface area contributed by atoms with Crippen molar-refractivity contribution in [3.05, 3.63) is 68.6 Å². The largest absolute Gasteiger partial charge is 0.369 e. The van der Waals surface area contributed by atoms with Gasteiger partial charge in [0.1, 0.15) is 5.60 Å². The van der Waals surface area contributed by atoms with Gasteiger partial charge >= 0.3 is 0 Å². The first kappa shape index (κ1) is 17.4. The van der Waals surface area contributed by atoms with Crippen molar-refractivity contribution in [3.63, 3.8) is 0 Å². The summed E-state index contributed by atoms with van der Waals surface area (Å²) in [5, 5.41) is 12.3. The van der Waals surface area contributed by atoms with E-state index < -0.39 is 0 Å². The second-order valence-electron chi connectivity index (χ2n) is 7.41. The Balaban J connectivity index is 1.59. The van der Waals surface area contributed by atoms with Crippen molar-refractivity contribution in [3.8, 4) is 0 Å². The van der Waals surface area contributed by atoms with Gasteiger partial charge in [-0.15, -0.1) is 16.4 Å². The molecule has 2 aliphatic rings. The molecule has 1 saturated heterocycles. The van der Waals surface area contributed by atoms with Crippen LogP contribution in [-0.2, 0) is 23.8 Å². The smallest absolute Gasteiger partial charge is 0.106 e. The second kappa shape index (κ2) is 6.71. The lowest BCUT2D eigenvalue weighted by Gasteiger charge is -2.46. The zero-order valence-electron chi connectivity index (χ0n) is 15.1. The Bertz CT molecular complexity index is 956. The minimum absolute atomic E-state index is 0.0736. The lowest BCUT2D eigenvalue weighted by atomic mass is 9.77. The molecule has 1 spiro atoms. The standard InChI is InChI=1S/C20H21ClN4OS/c1-25-12-17(23-24-25)16-11-20(10-15(22-16)13-5-3-2-4-6-13)19-14(7-8-26-20)9-18(21)27-19/h2-6,9,12,15-16,22H,7-8,10-11H2,1H3. The number of benzene rings is 1. The van der Waals surface area contributed by atoms with Crippen LogP contribution in [0.15, 0.2) is 42.6 Å². The first-order valence-electron chi connectivity index (χ1n) is 9.23. The Hall–Kier alpha value is -1.73. The lowest BCUT2D eigenvalue weighted by molar-refractivity contribution is -0.0979. The molecule has 2 aliphatic heterocycles. The molecule has 1 fully saturated rings. The number of nitrogens with zero attached hydrogens (tertiary/aromatic N) is 3. The Morgan fingerprint density at radius 2 is 2.07 bits per heavy atom. The van der Waals surface area contributed by atoms with E-state index in [0.29, 0.717) is 0 Å². The van der Waals surface area contributed by atoms with Gasteiger partial charge in [0.25, 0.3) is 0 Å². The van der Waals surface area contributed by atoms with Crippen molar-refractivity contribution >= 4 is 22.9 Å². The highest BCUT2D eigenvalue weighted by atomic mass is 35.5. The molecule has 140 valence electrons. The maximum Gasteiger partial charge on any atom is 0.106 e. The number of nitrogens with one attached hydrogen (secondary N) is 1. The highest BCUT2D eigenvalue weighted by Crippen LogP contribution is 2.52. The molecule has 5 nitrogen and oxygen atoms in total. The third kappa shape index (κ3) is 3.10. The van der Waals surface area contributed by atoms with E-state index in [1.54, 1.807) is 16.0 Å². The predicted octanol–water partition coefficient (Wildman–Crippen LogP) is 4.16. The first-order valence-corrected chi connectivity index (χ1v) is 10.4. The molecule has 1 aromatic carbocycles. The van der Waals surface area contributed by atoms with Gasteiger partial charge in [0.15, 0.2) is 0 Å². The van der Waals surface area contributed by atoms with Gasteiger partial charge in [-0.1, -0.05) is 47.1 Å².